The first kappa shape index (κ1) is 17.7. The second-order valence-corrected chi connectivity index (χ2v) is 5.80. The molecular formula is C20H23N5O. The van der Waals surface area contributed by atoms with E-state index in [1.807, 2.05) is 24.3 Å². The van der Waals surface area contributed by atoms with Gasteiger partial charge in [0.05, 0.1) is 13.3 Å². The van der Waals surface area contributed by atoms with Crippen molar-refractivity contribution < 1.29 is 4.74 Å². The van der Waals surface area contributed by atoms with Gasteiger partial charge in [-0.15, -0.1) is 5.10 Å². The summed E-state index contributed by atoms with van der Waals surface area (Å²) >= 11 is 0. The predicted molar refractivity (Wildman–Crippen MR) is 105 cm³/mol. The van der Waals surface area contributed by atoms with Crippen molar-refractivity contribution in [3.63, 3.8) is 0 Å². The van der Waals surface area contributed by atoms with Crippen molar-refractivity contribution >= 4 is 23.1 Å². The number of nitrogens with zero attached hydrogens (tertiary/aromatic N) is 3. The average Bonchev–Trinajstić information content (AvgIpc) is 2.69. The largest absolute Gasteiger partial charge is 0.497 e. The van der Waals surface area contributed by atoms with Crippen LogP contribution in [-0.2, 0) is 12.8 Å². The van der Waals surface area contributed by atoms with Gasteiger partial charge in [-0.05, 0) is 48.2 Å². The van der Waals surface area contributed by atoms with E-state index in [9.17, 15) is 0 Å². The molecule has 2 N–H and O–H groups in total. The van der Waals surface area contributed by atoms with Gasteiger partial charge in [-0.2, -0.15) is 10.1 Å². The number of benzene rings is 2. The number of aromatic nitrogens is 3. The molecule has 0 aliphatic rings. The Balaban J connectivity index is 1.81. The van der Waals surface area contributed by atoms with Gasteiger partial charge in [0.1, 0.15) is 5.75 Å². The van der Waals surface area contributed by atoms with E-state index < -0.39 is 0 Å². The minimum atomic E-state index is 0.471. The van der Waals surface area contributed by atoms with Crippen LogP contribution in [0, 0.1) is 0 Å². The van der Waals surface area contributed by atoms with Crippen LogP contribution in [0.1, 0.15) is 25.0 Å². The highest BCUT2D eigenvalue weighted by atomic mass is 16.5. The molecule has 0 atom stereocenters. The normalized spacial score (nSPS) is 10.4. The van der Waals surface area contributed by atoms with Crippen LogP contribution in [-0.4, -0.2) is 22.3 Å². The Hall–Kier alpha value is -3.15. The number of anilines is 4. The van der Waals surface area contributed by atoms with E-state index in [0.29, 0.717) is 11.8 Å². The third kappa shape index (κ3) is 4.08. The fourth-order valence-electron chi connectivity index (χ4n) is 2.75. The van der Waals surface area contributed by atoms with Gasteiger partial charge in [-0.25, -0.2) is 0 Å². The molecule has 6 heteroatoms. The summed E-state index contributed by atoms with van der Waals surface area (Å²) in [7, 11) is 1.65. The van der Waals surface area contributed by atoms with Gasteiger partial charge in [0.15, 0.2) is 5.82 Å². The second-order valence-electron chi connectivity index (χ2n) is 5.80. The van der Waals surface area contributed by atoms with E-state index in [1.165, 1.54) is 11.1 Å². The molecule has 1 heterocycles. The van der Waals surface area contributed by atoms with E-state index in [4.69, 9.17) is 4.74 Å². The molecular weight excluding hydrogens is 326 g/mol. The zero-order chi connectivity index (χ0) is 18.4. The Morgan fingerprint density at radius 1 is 0.923 bits per heavy atom. The summed E-state index contributed by atoms with van der Waals surface area (Å²) in [5, 5.41) is 14.8. The molecule has 2 aromatic carbocycles. The van der Waals surface area contributed by atoms with Gasteiger partial charge in [0.25, 0.3) is 0 Å². The zero-order valence-electron chi connectivity index (χ0n) is 15.3. The number of para-hydroxylation sites is 1. The van der Waals surface area contributed by atoms with Gasteiger partial charge in [0, 0.05) is 11.4 Å². The van der Waals surface area contributed by atoms with Gasteiger partial charge in [-0.3, -0.25) is 0 Å². The number of ether oxygens (including phenoxy) is 1. The summed E-state index contributed by atoms with van der Waals surface area (Å²) in [6, 6.07) is 14.0. The zero-order valence-corrected chi connectivity index (χ0v) is 15.3. The van der Waals surface area contributed by atoms with Gasteiger partial charge in [-0.1, -0.05) is 32.0 Å². The molecule has 0 unspecified atom stereocenters. The highest BCUT2D eigenvalue weighted by Crippen LogP contribution is 2.25. The lowest BCUT2D eigenvalue weighted by molar-refractivity contribution is 0.415. The van der Waals surface area contributed by atoms with E-state index in [-0.39, 0.29) is 0 Å². The van der Waals surface area contributed by atoms with Gasteiger partial charge < -0.3 is 15.4 Å². The second kappa shape index (κ2) is 8.29. The van der Waals surface area contributed by atoms with E-state index in [2.05, 4.69) is 57.9 Å². The molecule has 26 heavy (non-hydrogen) atoms. The van der Waals surface area contributed by atoms with Crippen molar-refractivity contribution in [1.29, 1.82) is 0 Å². The summed E-state index contributed by atoms with van der Waals surface area (Å²) in [5.74, 6) is 1.90. The average molecular weight is 349 g/mol. The lowest BCUT2D eigenvalue weighted by Crippen LogP contribution is -2.05. The highest BCUT2D eigenvalue weighted by molar-refractivity contribution is 5.65. The third-order valence-corrected chi connectivity index (χ3v) is 4.16. The Morgan fingerprint density at radius 2 is 1.62 bits per heavy atom. The first-order chi connectivity index (χ1) is 12.7. The fourth-order valence-corrected chi connectivity index (χ4v) is 2.75. The molecule has 0 aliphatic carbocycles. The van der Waals surface area contributed by atoms with Crippen molar-refractivity contribution in [2.45, 2.75) is 26.7 Å². The molecule has 134 valence electrons. The molecule has 0 aliphatic heterocycles. The molecule has 0 bridgehead atoms. The highest BCUT2D eigenvalue weighted by Gasteiger charge is 2.09. The predicted octanol–water partition coefficient (Wildman–Crippen LogP) is 4.49. The lowest BCUT2D eigenvalue weighted by atomic mass is 10.0. The van der Waals surface area contributed by atoms with Crippen LogP contribution >= 0.6 is 0 Å². The first-order valence-corrected chi connectivity index (χ1v) is 8.72. The molecule has 1 aromatic heterocycles. The number of hydrogen-bond acceptors (Lipinski definition) is 6. The lowest BCUT2D eigenvalue weighted by Gasteiger charge is -2.14. The van der Waals surface area contributed by atoms with E-state index in [1.54, 1.807) is 13.3 Å². The van der Waals surface area contributed by atoms with Gasteiger partial charge >= 0.3 is 0 Å². The minimum Gasteiger partial charge on any atom is -0.497 e. The van der Waals surface area contributed by atoms with E-state index in [0.717, 1.165) is 30.0 Å². The molecule has 0 saturated carbocycles. The first-order valence-electron chi connectivity index (χ1n) is 8.72. The smallest absolute Gasteiger partial charge is 0.249 e. The van der Waals surface area contributed by atoms with Crippen molar-refractivity contribution in [2.24, 2.45) is 0 Å². The van der Waals surface area contributed by atoms with Crippen LogP contribution in [0.25, 0.3) is 0 Å². The molecule has 0 radical (unpaired) electrons. The summed E-state index contributed by atoms with van der Waals surface area (Å²) in [4.78, 5) is 4.53. The number of hydrogen-bond donors (Lipinski definition) is 2. The van der Waals surface area contributed by atoms with Crippen molar-refractivity contribution in [1.82, 2.24) is 15.2 Å². The SMILES string of the molecule is CCc1cccc(CC)c1Nc1nncc(Nc2ccc(OC)cc2)n1. The van der Waals surface area contributed by atoms with Crippen molar-refractivity contribution in [3.8, 4) is 5.75 Å². The van der Waals surface area contributed by atoms with Crippen LogP contribution in [0.2, 0.25) is 0 Å². The van der Waals surface area contributed by atoms with Crippen LogP contribution in [0.5, 0.6) is 5.75 Å². The monoisotopic (exact) mass is 349 g/mol. The molecule has 0 spiro atoms. The number of rotatable bonds is 7. The Kier molecular flexibility index (Phi) is 5.63. The third-order valence-electron chi connectivity index (χ3n) is 4.16. The molecule has 3 rings (SSSR count). The molecule has 3 aromatic rings. The standard InChI is InChI=1S/C20H23N5O/c1-4-14-7-6-8-15(5-2)19(14)24-20-23-18(13-21-25-20)22-16-9-11-17(26-3)12-10-16/h6-13H,4-5H2,1-3H3,(H2,22,23,24,25). The number of nitrogens with one attached hydrogen (secondary N) is 2. The van der Waals surface area contributed by atoms with E-state index >= 15 is 0 Å². The van der Waals surface area contributed by atoms with Crippen LogP contribution < -0.4 is 15.4 Å². The van der Waals surface area contributed by atoms with Crippen molar-refractivity contribution in [2.75, 3.05) is 17.7 Å². The summed E-state index contributed by atoms with van der Waals surface area (Å²) in [5.41, 5.74) is 4.45. The maximum Gasteiger partial charge on any atom is 0.249 e. The summed E-state index contributed by atoms with van der Waals surface area (Å²) in [6.07, 6.45) is 3.47. The topological polar surface area (TPSA) is 72.0 Å². The molecule has 0 saturated heterocycles. The maximum absolute atomic E-state index is 5.17. The van der Waals surface area contributed by atoms with Crippen LogP contribution in [0.4, 0.5) is 23.1 Å². The molecule has 0 amide bonds. The van der Waals surface area contributed by atoms with Crippen LogP contribution in [0.15, 0.2) is 48.7 Å². The van der Waals surface area contributed by atoms with Crippen LogP contribution in [0.3, 0.4) is 0 Å². The number of aryl methyl sites for hydroxylation is 2. The maximum atomic E-state index is 5.17. The Labute approximate surface area is 153 Å². The molecule has 0 fully saturated rings. The Bertz CT molecular complexity index is 842. The van der Waals surface area contributed by atoms with Gasteiger partial charge in [0.2, 0.25) is 5.95 Å². The minimum absolute atomic E-state index is 0.471. The Morgan fingerprint density at radius 3 is 2.23 bits per heavy atom. The quantitative estimate of drug-likeness (QED) is 0.655. The van der Waals surface area contributed by atoms with Crippen molar-refractivity contribution in [3.05, 3.63) is 59.8 Å². The molecule has 6 nitrogen and oxygen atoms in total. The summed E-state index contributed by atoms with van der Waals surface area (Å²) < 4.78 is 5.17. The summed E-state index contributed by atoms with van der Waals surface area (Å²) in [6.45, 7) is 4.28. The fraction of sp³-hybridized carbons (Fsp3) is 0.250. The number of methoxy groups -OCH3 is 1.